The van der Waals surface area contributed by atoms with Crippen LogP contribution in [0.4, 0.5) is 0 Å². The van der Waals surface area contributed by atoms with Crippen molar-refractivity contribution >= 4 is 24.7 Å². The molecular formula is C13H21NOTe. The van der Waals surface area contributed by atoms with Gasteiger partial charge in [-0.2, -0.15) is 0 Å². The quantitative estimate of drug-likeness (QED) is 0.586. The molecule has 0 bridgehead atoms. The second-order valence-corrected chi connectivity index (χ2v) is 7.15. The Morgan fingerprint density at radius 3 is 2.56 bits per heavy atom. The molecule has 0 aliphatic carbocycles. The summed E-state index contributed by atoms with van der Waals surface area (Å²) in [6.07, 6.45) is 9.79. The Kier molecular flexibility index (Phi) is 7.63. The van der Waals surface area contributed by atoms with Gasteiger partial charge in [0.25, 0.3) is 0 Å². The molecular weight excluding hydrogens is 314 g/mol. The number of pyridine rings is 1. The molecule has 0 unspecified atom stereocenters. The molecule has 2 nitrogen and oxygen atoms in total. The van der Waals surface area contributed by atoms with Crippen molar-refractivity contribution in [2.45, 2.75) is 49.9 Å². The third kappa shape index (κ3) is 6.35. The molecule has 90 valence electrons. The fraction of sp³-hybridized carbons (Fsp3) is 0.615. The van der Waals surface area contributed by atoms with Crippen molar-refractivity contribution in [3.63, 3.8) is 0 Å². The molecule has 0 spiro atoms. The van der Waals surface area contributed by atoms with E-state index in [0.717, 1.165) is 0 Å². The van der Waals surface area contributed by atoms with Crippen LogP contribution >= 0.6 is 0 Å². The Hall–Kier alpha value is -0.260. The topological polar surface area (TPSA) is 33.1 Å². The first-order valence-corrected chi connectivity index (χ1v) is 8.92. The number of hydrogen-bond acceptors (Lipinski definition) is 2. The average Bonchev–Trinajstić information content (AvgIpc) is 2.30. The Morgan fingerprint density at radius 2 is 1.88 bits per heavy atom. The minimum absolute atomic E-state index is 0.111. The predicted octanol–water partition coefficient (Wildman–Crippen LogP) is 2.90. The van der Waals surface area contributed by atoms with Gasteiger partial charge in [-0.25, -0.2) is 0 Å². The first-order valence-electron chi connectivity index (χ1n) is 6.10. The van der Waals surface area contributed by atoms with E-state index in [-0.39, 0.29) is 26.7 Å². The minimum atomic E-state index is -0.111. The van der Waals surface area contributed by atoms with Gasteiger partial charge in [-0.05, 0) is 0 Å². The Bertz CT molecular complexity index is 274. The number of unbranched alkanes of at least 4 members (excludes halogenated alkanes) is 5. The number of rotatable bonds is 8. The average molecular weight is 335 g/mol. The summed E-state index contributed by atoms with van der Waals surface area (Å²) in [4.78, 5) is 4.23. The molecule has 1 heterocycles. The van der Waals surface area contributed by atoms with Gasteiger partial charge >= 0.3 is 109 Å². The Labute approximate surface area is 109 Å². The van der Waals surface area contributed by atoms with E-state index in [9.17, 15) is 0 Å². The van der Waals surface area contributed by atoms with Crippen LogP contribution in [0.1, 0.15) is 45.4 Å². The number of nitrogens with zero attached hydrogens (tertiary/aromatic N) is 1. The van der Waals surface area contributed by atoms with Gasteiger partial charge in [0.2, 0.25) is 0 Å². The Balaban J connectivity index is 2.01. The molecule has 1 N–H and O–H groups in total. The third-order valence-electron chi connectivity index (χ3n) is 2.47. The standard InChI is InChI=1S/C13H21NOTe/c1-2-3-4-5-6-7-10-16-13-9-8-12(15)11-14-13/h8-9,11,15H,2-7,10H2,1H3. The maximum atomic E-state index is 9.10. The number of aromatic nitrogens is 1. The molecule has 3 heteroatoms. The van der Waals surface area contributed by atoms with Crippen molar-refractivity contribution in [2.75, 3.05) is 0 Å². The molecule has 0 fully saturated rings. The zero-order valence-corrected chi connectivity index (χ0v) is 12.3. The molecule has 0 atom stereocenters. The summed E-state index contributed by atoms with van der Waals surface area (Å²) in [5, 5.41) is 9.10. The van der Waals surface area contributed by atoms with Crippen molar-refractivity contribution in [3.8, 4) is 5.75 Å². The summed E-state index contributed by atoms with van der Waals surface area (Å²) >= 11 is -0.111. The molecule has 0 aromatic carbocycles. The van der Waals surface area contributed by atoms with E-state index >= 15 is 0 Å². The van der Waals surface area contributed by atoms with Gasteiger partial charge in [0.05, 0.1) is 0 Å². The molecule has 0 aliphatic rings. The summed E-state index contributed by atoms with van der Waals surface area (Å²) < 4.78 is 2.56. The van der Waals surface area contributed by atoms with Gasteiger partial charge in [-0.1, -0.05) is 0 Å². The van der Waals surface area contributed by atoms with Gasteiger partial charge in [-0.15, -0.1) is 0 Å². The fourth-order valence-corrected chi connectivity index (χ4v) is 3.94. The normalized spacial score (nSPS) is 10.6. The molecule has 0 amide bonds. The van der Waals surface area contributed by atoms with Gasteiger partial charge in [-0.3, -0.25) is 0 Å². The zero-order valence-electron chi connectivity index (χ0n) is 9.98. The molecule has 1 aromatic heterocycles. The first kappa shape index (κ1) is 13.8. The summed E-state index contributed by atoms with van der Waals surface area (Å²) in [6, 6.07) is 3.71. The van der Waals surface area contributed by atoms with Crippen LogP contribution in [0.3, 0.4) is 0 Å². The van der Waals surface area contributed by atoms with E-state index in [1.165, 1.54) is 46.7 Å². The third-order valence-corrected chi connectivity index (χ3v) is 5.41. The van der Waals surface area contributed by atoms with Crippen LogP contribution < -0.4 is 3.74 Å². The van der Waals surface area contributed by atoms with Gasteiger partial charge in [0.1, 0.15) is 0 Å². The monoisotopic (exact) mass is 337 g/mol. The van der Waals surface area contributed by atoms with E-state index in [0.29, 0.717) is 0 Å². The van der Waals surface area contributed by atoms with Crippen LogP contribution in [0.5, 0.6) is 5.75 Å². The second-order valence-electron chi connectivity index (χ2n) is 3.97. The van der Waals surface area contributed by atoms with Crippen molar-refractivity contribution in [1.82, 2.24) is 4.98 Å². The van der Waals surface area contributed by atoms with Crippen LogP contribution in [-0.2, 0) is 0 Å². The van der Waals surface area contributed by atoms with Crippen LogP contribution in [-0.4, -0.2) is 31.0 Å². The summed E-state index contributed by atoms with van der Waals surface area (Å²) in [5.41, 5.74) is 0. The number of hydrogen-bond donors (Lipinski definition) is 1. The first-order chi connectivity index (χ1) is 7.83. The van der Waals surface area contributed by atoms with Gasteiger partial charge < -0.3 is 0 Å². The van der Waals surface area contributed by atoms with E-state index in [2.05, 4.69) is 11.9 Å². The molecule has 0 radical (unpaired) electrons. The van der Waals surface area contributed by atoms with Crippen LogP contribution in [0.15, 0.2) is 18.3 Å². The van der Waals surface area contributed by atoms with Crippen LogP contribution in [0.2, 0.25) is 4.47 Å². The molecule has 0 saturated heterocycles. The fourth-order valence-electron chi connectivity index (χ4n) is 1.52. The number of aromatic hydroxyl groups is 1. The molecule has 0 saturated carbocycles. The van der Waals surface area contributed by atoms with Gasteiger partial charge in [0, 0.05) is 0 Å². The molecule has 1 rings (SSSR count). The zero-order chi connectivity index (χ0) is 11.6. The molecule has 1 aromatic rings. The van der Waals surface area contributed by atoms with E-state index in [1.54, 1.807) is 12.3 Å². The second kappa shape index (κ2) is 8.84. The van der Waals surface area contributed by atoms with Gasteiger partial charge in [0.15, 0.2) is 0 Å². The Morgan fingerprint density at radius 1 is 1.12 bits per heavy atom. The summed E-state index contributed by atoms with van der Waals surface area (Å²) in [7, 11) is 0. The van der Waals surface area contributed by atoms with E-state index < -0.39 is 0 Å². The molecule has 16 heavy (non-hydrogen) atoms. The van der Waals surface area contributed by atoms with Crippen molar-refractivity contribution in [3.05, 3.63) is 18.3 Å². The van der Waals surface area contributed by atoms with Crippen molar-refractivity contribution in [1.29, 1.82) is 0 Å². The molecule has 0 aliphatic heterocycles. The van der Waals surface area contributed by atoms with Crippen molar-refractivity contribution in [2.24, 2.45) is 0 Å². The summed E-state index contributed by atoms with van der Waals surface area (Å²) in [6.45, 7) is 2.25. The SMILES string of the molecule is CCCCCCCC[Te]c1ccc(O)cn1. The maximum absolute atomic E-state index is 9.10. The van der Waals surface area contributed by atoms with Crippen molar-refractivity contribution < 1.29 is 5.11 Å². The summed E-state index contributed by atoms with van der Waals surface area (Å²) in [5.74, 6) is 0.274. The predicted molar refractivity (Wildman–Crippen MR) is 69.5 cm³/mol. The van der Waals surface area contributed by atoms with Crippen LogP contribution in [0.25, 0.3) is 0 Å². The van der Waals surface area contributed by atoms with Crippen LogP contribution in [0, 0.1) is 0 Å². The van der Waals surface area contributed by atoms with E-state index in [4.69, 9.17) is 5.11 Å². The van der Waals surface area contributed by atoms with E-state index in [1.807, 2.05) is 6.07 Å².